The van der Waals surface area contributed by atoms with Gasteiger partial charge in [0.05, 0.1) is 5.69 Å². The Kier molecular flexibility index (Phi) is 6.43. The molecule has 3 heterocycles. The second-order valence-electron chi connectivity index (χ2n) is 7.71. The topological polar surface area (TPSA) is 76.9 Å². The molecule has 7 nitrogen and oxygen atoms in total. The normalized spacial score (nSPS) is 25.9. The van der Waals surface area contributed by atoms with E-state index in [9.17, 15) is 5.02 Å². The van der Waals surface area contributed by atoms with Gasteiger partial charge in [-0.25, -0.2) is 4.39 Å². The number of piperidine rings is 2. The van der Waals surface area contributed by atoms with Crippen molar-refractivity contribution in [3.8, 4) is 22.9 Å². The van der Waals surface area contributed by atoms with Crippen molar-refractivity contribution in [1.29, 1.82) is 0 Å². The van der Waals surface area contributed by atoms with E-state index in [1.807, 2.05) is 4.81 Å². The summed E-state index contributed by atoms with van der Waals surface area (Å²) < 4.78 is 31.5. The summed E-state index contributed by atoms with van der Waals surface area (Å²) in [6.45, 7) is 2.37. The van der Waals surface area contributed by atoms with Gasteiger partial charge in [-0.1, -0.05) is 11.6 Å². The molecule has 4 atom stereocenters. The highest BCUT2D eigenvalue weighted by atomic mass is 35.5. The molecule has 0 amide bonds. The molecule has 2 unspecified atom stereocenters. The number of aromatic nitrogens is 2. The minimum absolute atomic E-state index is 0.00592. The monoisotopic (exact) mass is 435 g/mol. The van der Waals surface area contributed by atoms with Gasteiger partial charge in [-0.3, -0.25) is 0 Å². The van der Waals surface area contributed by atoms with Crippen LogP contribution < -0.4 is 9.47 Å². The van der Waals surface area contributed by atoms with Crippen LogP contribution in [0.15, 0.2) is 30.3 Å². The first-order valence-electron chi connectivity index (χ1n) is 9.98. The number of ether oxygens (including phenoxy) is 3. The molecule has 30 heavy (non-hydrogen) atoms. The summed E-state index contributed by atoms with van der Waals surface area (Å²) in [5.74, 6) is 0.807. The van der Waals surface area contributed by atoms with Crippen molar-refractivity contribution in [2.75, 3.05) is 20.4 Å². The Morgan fingerprint density at radius 3 is 2.77 bits per heavy atom. The average Bonchev–Trinajstić information content (AvgIpc) is 2.75. The van der Waals surface area contributed by atoms with Crippen molar-refractivity contribution in [2.45, 2.75) is 38.0 Å². The first-order chi connectivity index (χ1) is 14.5. The Morgan fingerprint density at radius 1 is 1.27 bits per heavy atom. The number of methoxy groups -OCH3 is 1. The Labute approximate surface area is 180 Å². The van der Waals surface area contributed by atoms with Crippen molar-refractivity contribution in [3.63, 3.8) is 0 Å². The van der Waals surface area contributed by atoms with Gasteiger partial charge in [0.1, 0.15) is 11.9 Å². The maximum absolute atomic E-state index is 15.0. The van der Waals surface area contributed by atoms with Crippen molar-refractivity contribution in [1.82, 2.24) is 15.0 Å². The van der Waals surface area contributed by atoms with E-state index < -0.39 is 19.3 Å². The van der Waals surface area contributed by atoms with E-state index in [0.29, 0.717) is 28.6 Å². The van der Waals surface area contributed by atoms with Crippen LogP contribution >= 0.6 is 11.6 Å². The van der Waals surface area contributed by atoms with Crippen molar-refractivity contribution < 1.29 is 23.6 Å². The molecule has 2 aromatic rings. The Morgan fingerprint density at radius 2 is 2.10 bits per heavy atom. The van der Waals surface area contributed by atoms with Crippen molar-refractivity contribution >= 4 is 18.7 Å². The zero-order valence-electron chi connectivity index (χ0n) is 16.9. The van der Waals surface area contributed by atoms with Gasteiger partial charge in [0.15, 0.2) is 13.0 Å². The van der Waals surface area contributed by atoms with Gasteiger partial charge >= 0.3 is 7.05 Å². The highest BCUT2D eigenvalue weighted by Gasteiger charge is 2.51. The number of benzene rings is 1. The van der Waals surface area contributed by atoms with Gasteiger partial charge in [0.25, 0.3) is 0 Å². The van der Waals surface area contributed by atoms with Crippen LogP contribution in [0, 0.1) is 5.92 Å². The lowest BCUT2D eigenvalue weighted by molar-refractivity contribution is -0.0749. The summed E-state index contributed by atoms with van der Waals surface area (Å²) >= 11 is 6.06. The molecule has 1 N–H and O–H groups in total. The fourth-order valence-corrected chi connectivity index (χ4v) is 4.51. The highest BCUT2D eigenvalue weighted by Crippen LogP contribution is 2.39. The first-order valence-corrected chi connectivity index (χ1v) is 10.4. The first kappa shape index (κ1) is 21.3. The molecule has 1 aromatic carbocycles. The molecule has 2 saturated heterocycles. The number of halogens is 2. The van der Waals surface area contributed by atoms with E-state index in [-0.39, 0.29) is 24.6 Å². The summed E-state index contributed by atoms with van der Waals surface area (Å²) in [4.78, 5) is 1.82. The number of hydrogen-bond acceptors (Lipinski definition) is 7. The van der Waals surface area contributed by atoms with Gasteiger partial charge in [0.2, 0.25) is 5.88 Å². The van der Waals surface area contributed by atoms with Gasteiger partial charge in [-0.15, -0.1) is 10.2 Å². The van der Waals surface area contributed by atoms with Crippen LogP contribution in [0.25, 0.3) is 11.3 Å². The zero-order valence-corrected chi connectivity index (χ0v) is 17.6. The molecule has 3 aliphatic rings. The Bertz CT molecular complexity index is 874. The van der Waals surface area contributed by atoms with Crippen LogP contribution in [-0.2, 0) is 4.74 Å². The SMILES string of the molecule is COCOc1cc(Cl)ccc1-c1ccc(O[C@H]2C3CCC([C@@H]2F)N(B(C)O)C3)nn1. The molecule has 5 rings (SSSR count). The maximum Gasteiger partial charge on any atom is 0.376 e. The molecule has 0 radical (unpaired) electrons. The second kappa shape index (κ2) is 9.05. The molecule has 160 valence electrons. The standard InChI is InChI=1S/C20H24BClFN3O4/c1-21(27)26-10-12-3-7-16(26)19(23)20(12)30-18-8-6-15(24-25-18)14-5-4-13(22)9-17(14)29-11-28-2/h4-6,8-9,12,16,19-20,27H,3,7,10-11H2,1-2H3/t12?,16?,19-,20-/m0/s1. The molecule has 1 aliphatic carbocycles. The van der Waals surface area contributed by atoms with E-state index >= 15 is 4.39 Å². The summed E-state index contributed by atoms with van der Waals surface area (Å²) in [6, 6.07) is 8.31. The molecule has 3 fully saturated rings. The number of rotatable bonds is 7. The van der Waals surface area contributed by atoms with Gasteiger partial charge in [-0.05, 0) is 50.5 Å². The minimum atomic E-state index is -1.18. The second-order valence-corrected chi connectivity index (χ2v) is 8.14. The maximum atomic E-state index is 15.0. The van der Waals surface area contributed by atoms with E-state index in [4.69, 9.17) is 25.8 Å². The van der Waals surface area contributed by atoms with Crippen molar-refractivity contribution in [2.24, 2.45) is 5.92 Å². The Balaban J connectivity index is 1.49. The summed E-state index contributed by atoms with van der Waals surface area (Å²) in [5, 5.41) is 18.8. The number of hydrogen-bond donors (Lipinski definition) is 1. The number of nitrogens with zero attached hydrogens (tertiary/aromatic N) is 3. The van der Waals surface area contributed by atoms with Crippen LogP contribution in [0.4, 0.5) is 4.39 Å². The molecule has 1 saturated carbocycles. The van der Waals surface area contributed by atoms with Crippen molar-refractivity contribution in [3.05, 3.63) is 35.4 Å². The third-order valence-corrected chi connectivity index (χ3v) is 6.01. The predicted octanol–water partition coefficient (Wildman–Crippen LogP) is 3.07. The third-order valence-electron chi connectivity index (χ3n) is 5.78. The van der Waals surface area contributed by atoms with Crippen LogP contribution in [0.5, 0.6) is 11.6 Å². The van der Waals surface area contributed by atoms with Crippen LogP contribution in [-0.4, -0.2) is 65.8 Å². The lowest BCUT2D eigenvalue weighted by Gasteiger charge is -2.51. The van der Waals surface area contributed by atoms with Crippen LogP contribution in [0.1, 0.15) is 12.8 Å². The lowest BCUT2D eigenvalue weighted by Crippen LogP contribution is -2.65. The third kappa shape index (κ3) is 4.25. The summed E-state index contributed by atoms with van der Waals surface area (Å²) in [6.07, 6.45) is -0.175. The minimum Gasteiger partial charge on any atom is -0.470 e. The largest absolute Gasteiger partial charge is 0.470 e. The molecule has 2 aliphatic heterocycles. The summed E-state index contributed by atoms with van der Waals surface area (Å²) in [7, 11) is 0.872. The molecule has 1 aromatic heterocycles. The quantitative estimate of drug-likeness (QED) is 0.529. The average molecular weight is 436 g/mol. The number of alkyl halides is 1. The molecular weight excluding hydrogens is 412 g/mol. The molecular formula is C20H24BClFN3O4. The van der Waals surface area contributed by atoms with E-state index in [1.54, 1.807) is 37.2 Å². The number of fused-ring (bicyclic) bond motifs is 3. The smallest absolute Gasteiger partial charge is 0.376 e. The van der Waals surface area contributed by atoms with E-state index in [1.165, 1.54) is 7.11 Å². The fraction of sp³-hybridized carbons (Fsp3) is 0.500. The molecule has 10 heteroatoms. The zero-order chi connectivity index (χ0) is 21.3. The van der Waals surface area contributed by atoms with E-state index in [0.717, 1.165) is 12.8 Å². The molecule has 0 spiro atoms. The molecule has 2 bridgehead atoms. The lowest BCUT2D eigenvalue weighted by atomic mass is 9.69. The van der Waals surface area contributed by atoms with Crippen LogP contribution in [0.3, 0.4) is 0 Å². The predicted molar refractivity (Wildman–Crippen MR) is 111 cm³/mol. The van der Waals surface area contributed by atoms with Gasteiger partial charge in [0, 0.05) is 35.7 Å². The van der Waals surface area contributed by atoms with Gasteiger partial charge < -0.3 is 24.0 Å². The Hall–Kier alpha value is -1.94. The summed E-state index contributed by atoms with van der Waals surface area (Å²) in [5.41, 5.74) is 1.29. The van der Waals surface area contributed by atoms with E-state index in [2.05, 4.69) is 10.2 Å². The van der Waals surface area contributed by atoms with Gasteiger partial charge in [-0.2, -0.15) is 0 Å². The highest BCUT2D eigenvalue weighted by molar-refractivity contribution is 6.45. The fourth-order valence-electron chi connectivity index (χ4n) is 4.34. The van der Waals surface area contributed by atoms with Crippen LogP contribution in [0.2, 0.25) is 11.8 Å².